The summed E-state index contributed by atoms with van der Waals surface area (Å²) < 4.78 is 20.1. The zero-order chi connectivity index (χ0) is 16.6. The first-order valence-corrected chi connectivity index (χ1v) is 6.62. The molecule has 0 radical (unpaired) electrons. The molecule has 1 N–H and O–H groups in total. The second-order valence-electron chi connectivity index (χ2n) is 4.69. The van der Waals surface area contributed by atoms with E-state index in [-0.39, 0.29) is 28.3 Å². The van der Waals surface area contributed by atoms with E-state index in [4.69, 9.17) is 4.74 Å². The Labute approximate surface area is 129 Å². The predicted octanol–water partition coefficient (Wildman–Crippen LogP) is 2.63. The fourth-order valence-electron chi connectivity index (χ4n) is 2.38. The minimum Gasteiger partial charge on any atom is -0.476 e. The lowest BCUT2D eigenvalue weighted by Crippen LogP contribution is -2.09. The highest BCUT2D eigenvalue weighted by Crippen LogP contribution is 2.27. The average molecular weight is 314 g/mol. The largest absolute Gasteiger partial charge is 0.476 e. The van der Waals surface area contributed by atoms with Crippen molar-refractivity contribution in [3.63, 3.8) is 0 Å². The molecule has 0 aliphatic heterocycles. The molecule has 23 heavy (non-hydrogen) atoms. The second kappa shape index (κ2) is 5.53. The standard InChI is InChI=1S/C16H11FN2O4/c1-23-16(22)12-8-4-7-11-13(15(20)21)18-14(19(11)12)9-5-2-3-6-10(9)17/h2-8H,1H3,(H,20,21). The highest BCUT2D eigenvalue weighted by molar-refractivity contribution is 5.97. The van der Waals surface area contributed by atoms with E-state index in [1.165, 1.54) is 47.9 Å². The van der Waals surface area contributed by atoms with Crippen molar-refractivity contribution >= 4 is 17.5 Å². The van der Waals surface area contributed by atoms with Crippen molar-refractivity contribution in [2.75, 3.05) is 7.11 Å². The van der Waals surface area contributed by atoms with Gasteiger partial charge in [0.1, 0.15) is 17.3 Å². The van der Waals surface area contributed by atoms with Crippen LogP contribution < -0.4 is 0 Å². The van der Waals surface area contributed by atoms with Crippen molar-refractivity contribution in [3.05, 3.63) is 59.7 Å². The first-order valence-electron chi connectivity index (χ1n) is 6.62. The summed E-state index contributed by atoms with van der Waals surface area (Å²) in [6.07, 6.45) is 0. The van der Waals surface area contributed by atoms with Crippen molar-refractivity contribution < 1.29 is 23.8 Å². The number of hydrogen-bond donors (Lipinski definition) is 1. The summed E-state index contributed by atoms with van der Waals surface area (Å²) in [5.74, 6) is -2.50. The number of ether oxygens (including phenoxy) is 1. The number of carboxylic acids is 1. The van der Waals surface area contributed by atoms with E-state index in [9.17, 15) is 19.1 Å². The first-order chi connectivity index (χ1) is 11.0. The van der Waals surface area contributed by atoms with Crippen LogP contribution in [0.25, 0.3) is 16.9 Å². The summed E-state index contributed by atoms with van der Waals surface area (Å²) in [6.45, 7) is 0. The number of methoxy groups -OCH3 is 1. The summed E-state index contributed by atoms with van der Waals surface area (Å²) in [5.41, 5.74) is 0.0577. The van der Waals surface area contributed by atoms with Crippen LogP contribution in [0, 0.1) is 5.82 Å². The lowest BCUT2D eigenvalue weighted by atomic mass is 10.2. The lowest BCUT2D eigenvalue weighted by molar-refractivity contribution is 0.0591. The van der Waals surface area contributed by atoms with Gasteiger partial charge in [-0.3, -0.25) is 4.40 Å². The first kappa shape index (κ1) is 14.7. The van der Waals surface area contributed by atoms with Crippen LogP contribution in [0.4, 0.5) is 4.39 Å². The number of halogens is 1. The molecule has 116 valence electrons. The van der Waals surface area contributed by atoms with Crippen LogP contribution in [0.3, 0.4) is 0 Å². The Morgan fingerprint density at radius 2 is 1.91 bits per heavy atom. The number of hydrogen-bond acceptors (Lipinski definition) is 4. The summed E-state index contributed by atoms with van der Waals surface area (Å²) in [4.78, 5) is 27.4. The van der Waals surface area contributed by atoms with Crippen LogP contribution >= 0.6 is 0 Å². The Kier molecular flexibility index (Phi) is 3.53. The molecule has 2 heterocycles. The fraction of sp³-hybridized carbons (Fsp3) is 0.0625. The Balaban J connectivity index is 2.44. The second-order valence-corrected chi connectivity index (χ2v) is 4.69. The summed E-state index contributed by atoms with van der Waals surface area (Å²) in [7, 11) is 1.21. The van der Waals surface area contributed by atoms with Gasteiger partial charge in [-0.25, -0.2) is 19.0 Å². The van der Waals surface area contributed by atoms with Crippen LogP contribution in [0.5, 0.6) is 0 Å². The lowest BCUT2D eigenvalue weighted by Gasteiger charge is -2.07. The number of carbonyl (C=O) groups excluding carboxylic acids is 1. The number of carbonyl (C=O) groups is 2. The average Bonchev–Trinajstić information content (AvgIpc) is 2.94. The monoisotopic (exact) mass is 314 g/mol. The third-order valence-electron chi connectivity index (χ3n) is 3.37. The van der Waals surface area contributed by atoms with E-state index < -0.39 is 17.8 Å². The van der Waals surface area contributed by atoms with Crippen molar-refractivity contribution in [1.29, 1.82) is 0 Å². The maximum absolute atomic E-state index is 14.1. The Hall–Kier alpha value is -3.22. The smallest absolute Gasteiger partial charge is 0.356 e. The molecule has 0 fully saturated rings. The van der Waals surface area contributed by atoms with Crippen molar-refractivity contribution in [1.82, 2.24) is 9.38 Å². The van der Waals surface area contributed by atoms with E-state index in [1.54, 1.807) is 6.07 Å². The number of imidazole rings is 1. The van der Waals surface area contributed by atoms with Gasteiger partial charge < -0.3 is 9.84 Å². The summed E-state index contributed by atoms with van der Waals surface area (Å²) in [5, 5.41) is 9.31. The molecule has 2 aromatic heterocycles. The molecule has 7 heteroatoms. The van der Waals surface area contributed by atoms with Gasteiger partial charge in [0.05, 0.1) is 18.2 Å². The van der Waals surface area contributed by atoms with E-state index in [0.29, 0.717) is 0 Å². The van der Waals surface area contributed by atoms with Gasteiger partial charge in [0, 0.05) is 0 Å². The van der Waals surface area contributed by atoms with Gasteiger partial charge in [0.2, 0.25) is 0 Å². The number of carboxylic acid groups (broad SMARTS) is 1. The molecular formula is C16H11FN2O4. The molecule has 0 saturated heterocycles. The van der Waals surface area contributed by atoms with Crippen molar-refractivity contribution in [3.8, 4) is 11.4 Å². The molecule has 3 rings (SSSR count). The minimum atomic E-state index is -1.27. The van der Waals surface area contributed by atoms with Gasteiger partial charge in [-0.05, 0) is 24.3 Å². The van der Waals surface area contributed by atoms with Crippen LogP contribution in [-0.2, 0) is 4.74 Å². The maximum atomic E-state index is 14.1. The predicted molar refractivity (Wildman–Crippen MR) is 78.9 cm³/mol. The quantitative estimate of drug-likeness (QED) is 0.752. The Bertz CT molecular complexity index is 933. The molecular weight excluding hydrogens is 303 g/mol. The molecule has 3 aromatic rings. The fourth-order valence-corrected chi connectivity index (χ4v) is 2.38. The number of nitrogens with zero attached hydrogens (tertiary/aromatic N) is 2. The number of aromatic nitrogens is 2. The number of pyridine rings is 1. The van der Waals surface area contributed by atoms with Crippen LogP contribution in [0.15, 0.2) is 42.5 Å². The van der Waals surface area contributed by atoms with Gasteiger partial charge in [0.15, 0.2) is 5.69 Å². The van der Waals surface area contributed by atoms with E-state index in [2.05, 4.69) is 4.98 Å². The summed E-state index contributed by atoms with van der Waals surface area (Å²) >= 11 is 0. The van der Waals surface area contributed by atoms with E-state index in [0.717, 1.165) is 0 Å². The number of esters is 1. The topological polar surface area (TPSA) is 80.9 Å². The van der Waals surface area contributed by atoms with Gasteiger partial charge in [-0.1, -0.05) is 18.2 Å². The summed E-state index contributed by atoms with van der Waals surface area (Å²) in [6, 6.07) is 10.3. The van der Waals surface area contributed by atoms with Crippen LogP contribution in [-0.4, -0.2) is 33.5 Å². The normalized spacial score (nSPS) is 10.7. The van der Waals surface area contributed by atoms with Crippen LogP contribution in [0.1, 0.15) is 21.0 Å². The van der Waals surface area contributed by atoms with Crippen molar-refractivity contribution in [2.45, 2.75) is 0 Å². The number of fused-ring (bicyclic) bond motifs is 1. The van der Waals surface area contributed by atoms with Gasteiger partial charge in [-0.15, -0.1) is 0 Å². The zero-order valence-electron chi connectivity index (χ0n) is 12.0. The number of aromatic carboxylic acids is 1. The van der Waals surface area contributed by atoms with Gasteiger partial charge >= 0.3 is 11.9 Å². The number of benzene rings is 1. The minimum absolute atomic E-state index is 0.0245. The van der Waals surface area contributed by atoms with E-state index >= 15 is 0 Å². The van der Waals surface area contributed by atoms with Gasteiger partial charge in [-0.2, -0.15) is 0 Å². The molecule has 0 amide bonds. The maximum Gasteiger partial charge on any atom is 0.356 e. The molecule has 0 aliphatic carbocycles. The molecule has 0 unspecified atom stereocenters. The van der Waals surface area contributed by atoms with Crippen molar-refractivity contribution in [2.24, 2.45) is 0 Å². The molecule has 1 aromatic carbocycles. The molecule has 0 bridgehead atoms. The SMILES string of the molecule is COC(=O)c1cccc2c(C(=O)O)nc(-c3ccccc3F)n12. The highest BCUT2D eigenvalue weighted by Gasteiger charge is 2.23. The molecule has 0 atom stereocenters. The van der Waals surface area contributed by atoms with Crippen LogP contribution in [0.2, 0.25) is 0 Å². The highest BCUT2D eigenvalue weighted by atomic mass is 19.1. The Morgan fingerprint density at radius 3 is 2.57 bits per heavy atom. The Morgan fingerprint density at radius 1 is 1.17 bits per heavy atom. The third-order valence-corrected chi connectivity index (χ3v) is 3.37. The molecule has 6 nitrogen and oxygen atoms in total. The third kappa shape index (κ3) is 2.32. The zero-order valence-corrected chi connectivity index (χ0v) is 12.0. The molecule has 0 spiro atoms. The number of rotatable bonds is 3. The van der Waals surface area contributed by atoms with E-state index in [1.807, 2.05) is 0 Å². The molecule has 0 aliphatic rings. The van der Waals surface area contributed by atoms with Gasteiger partial charge in [0.25, 0.3) is 0 Å². The molecule has 0 saturated carbocycles.